The van der Waals surface area contributed by atoms with Crippen LogP contribution in [0.25, 0.3) is 0 Å². The number of carbonyl (C=O) groups excluding carboxylic acids is 4. The number of carbonyl (C=O) groups is 4. The first kappa shape index (κ1) is 18.4. The number of amides is 3. The van der Waals surface area contributed by atoms with Gasteiger partial charge in [-0.25, -0.2) is 0 Å². The molecule has 9 heteroatoms. The van der Waals surface area contributed by atoms with E-state index in [4.69, 9.17) is 11.6 Å². The van der Waals surface area contributed by atoms with Gasteiger partial charge in [-0.1, -0.05) is 11.6 Å². The van der Waals surface area contributed by atoms with Gasteiger partial charge in [-0.3, -0.25) is 14.4 Å². The molecule has 0 radical (unpaired) electrons. The lowest BCUT2D eigenvalue weighted by molar-refractivity contribution is -0.122. The van der Waals surface area contributed by atoms with Crippen molar-refractivity contribution in [1.29, 1.82) is 0 Å². The molecule has 0 saturated heterocycles. The molecule has 0 aromatic carbocycles. The van der Waals surface area contributed by atoms with E-state index < -0.39 is 17.9 Å². The smallest absolute Gasteiger partial charge is 0.254 e. The molecular weight excluding hydrogens is 354 g/mol. The molecule has 0 bridgehead atoms. The van der Waals surface area contributed by atoms with Gasteiger partial charge in [-0.15, -0.1) is 11.3 Å². The van der Waals surface area contributed by atoms with E-state index in [9.17, 15) is 19.2 Å². The lowest BCUT2D eigenvalue weighted by Crippen LogP contribution is -2.45. The summed E-state index contributed by atoms with van der Waals surface area (Å²) in [6, 6.07) is 0.614. The topological polar surface area (TPSA) is 104 Å². The number of nitrogens with one attached hydrogen (secondary N) is 3. The Morgan fingerprint density at radius 3 is 2.71 bits per heavy atom. The zero-order valence-corrected chi connectivity index (χ0v) is 14.6. The minimum atomic E-state index is -0.835. The van der Waals surface area contributed by atoms with Crippen molar-refractivity contribution < 1.29 is 19.2 Å². The maximum atomic E-state index is 12.5. The maximum absolute atomic E-state index is 12.5. The molecule has 7 nitrogen and oxygen atoms in total. The number of thiophene rings is 1. The van der Waals surface area contributed by atoms with Crippen LogP contribution >= 0.6 is 22.9 Å². The van der Waals surface area contributed by atoms with E-state index >= 15 is 0 Å². The van der Waals surface area contributed by atoms with Crippen molar-refractivity contribution in [1.82, 2.24) is 10.6 Å². The van der Waals surface area contributed by atoms with Gasteiger partial charge in [0.15, 0.2) is 0 Å². The van der Waals surface area contributed by atoms with Crippen LogP contribution in [0.4, 0.5) is 5.00 Å². The van der Waals surface area contributed by atoms with Crippen LogP contribution in [0.2, 0.25) is 4.34 Å². The van der Waals surface area contributed by atoms with Gasteiger partial charge in [-0.05, 0) is 25.3 Å². The van der Waals surface area contributed by atoms with E-state index in [2.05, 4.69) is 16.0 Å². The summed E-state index contributed by atoms with van der Waals surface area (Å²) in [5.41, 5.74) is 0.207. The lowest BCUT2D eigenvalue weighted by Gasteiger charge is -2.16. The van der Waals surface area contributed by atoms with E-state index in [1.54, 1.807) is 0 Å². The van der Waals surface area contributed by atoms with Crippen LogP contribution in [0.5, 0.6) is 0 Å². The Balaban J connectivity index is 2.10. The first-order chi connectivity index (χ1) is 11.5. The molecule has 3 N–H and O–H groups in total. The Labute approximate surface area is 148 Å². The zero-order chi connectivity index (χ0) is 17.7. The fraction of sp³-hybridized carbons (Fsp3) is 0.467. The molecule has 0 spiro atoms. The molecule has 24 heavy (non-hydrogen) atoms. The second kappa shape index (κ2) is 8.25. The number of hydrogen-bond donors (Lipinski definition) is 3. The summed E-state index contributed by atoms with van der Waals surface area (Å²) in [4.78, 5) is 46.7. The van der Waals surface area contributed by atoms with Crippen LogP contribution in [-0.4, -0.2) is 37.1 Å². The van der Waals surface area contributed by atoms with Crippen molar-refractivity contribution in [2.75, 3.05) is 12.4 Å². The normalized spacial score (nSPS) is 14.6. The highest BCUT2D eigenvalue weighted by Crippen LogP contribution is 2.35. The number of hydrogen-bond acceptors (Lipinski definition) is 5. The van der Waals surface area contributed by atoms with Gasteiger partial charge < -0.3 is 20.7 Å². The van der Waals surface area contributed by atoms with E-state index in [0.717, 1.165) is 24.2 Å². The Morgan fingerprint density at radius 2 is 2.12 bits per heavy atom. The van der Waals surface area contributed by atoms with Gasteiger partial charge in [0.2, 0.25) is 11.8 Å². The van der Waals surface area contributed by atoms with Crippen molar-refractivity contribution in [3.05, 3.63) is 16.0 Å². The van der Waals surface area contributed by atoms with Crippen molar-refractivity contribution in [2.24, 2.45) is 5.92 Å². The first-order valence-electron chi connectivity index (χ1n) is 7.52. The van der Waals surface area contributed by atoms with Gasteiger partial charge in [0.25, 0.3) is 5.91 Å². The molecule has 1 aliphatic rings. The van der Waals surface area contributed by atoms with Gasteiger partial charge >= 0.3 is 0 Å². The molecule has 1 unspecified atom stereocenters. The van der Waals surface area contributed by atoms with Crippen molar-refractivity contribution in [3.8, 4) is 0 Å². The minimum absolute atomic E-state index is 0.00649. The summed E-state index contributed by atoms with van der Waals surface area (Å²) < 4.78 is 0.357. The van der Waals surface area contributed by atoms with E-state index in [1.165, 1.54) is 13.1 Å². The fourth-order valence-electron chi connectivity index (χ4n) is 2.10. The van der Waals surface area contributed by atoms with Crippen molar-refractivity contribution in [2.45, 2.75) is 31.7 Å². The number of anilines is 1. The Kier molecular flexibility index (Phi) is 6.33. The number of aldehydes is 1. The van der Waals surface area contributed by atoms with E-state index in [0.29, 0.717) is 15.6 Å². The molecular formula is C15H18ClN3O4S. The summed E-state index contributed by atoms with van der Waals surface area (Å²) in [6.45, 7) is 0. The maximum Gasteiger partial charge on any atom is 0.254 e. The molecule has 1 saturated carbocycles. The molecule has 2 rings (SSSR count). The van der Waals surface area contributed by atoms with Gasteiger partial charge in [0.05, 0.1) is 9.90 Å². The number of likely N-dealkylation sites (N-methyl/N-ethyl adjacent to an activating group) is 1. The number of rotatable bonds is 8. The largest absolute Gasteiger partial charge is 0.357 e. The highest BCUT2D eigenvalue weighted by atomic mass is 35.5. The monoisotopic (exact) mass is 371 g/mol. The second-order valence-electron chi connectivity index (χ2n) is 5.44. The summed E-state index contributed by atoms with van der Waals surface area (Å²) in [7, 11) is 1.45. The van der Waals surface area contributed by atoms with Crippen LogP contribution in [0.3, 0.4) is 0 Å². The van der Waals surface area contributed by atoms with Gasteiger partial charge in [-0.2, -0.15) is 0 Å². The summed E-state index contributed by atoms with van der Waals surface area (Å²) in [5.74, 6) is -1.06. The van der Waals surface area contributed by atoms with Crippen LogP contribution in [-0.2, 0) is 14.4 Å². The van der Waals surface area contributed by atoms with Gasteiger partial charge in [0.1, 0.15) is 17.3 Å². The quantitative estimate of drug-likeness (QED) is 0.603. The molecule has 0 aliphatic heterocycles. The van der Waals surface area contributed by atoms with Crippen molar-refractivity contribution in [3.63, 3.8) is 0 Å². The van der Waals surface area contributed by atoms with E-state index in [1.807, 2.05) is 0 Å². The highest BCUT2D eigenvalue weighted by molar-refractivity contribution is 7.20. The molecule has 1 aromatic heterocycles. The third kappa shape index (κ3) is 4.78. The van der Waals surface area contributed by atoms with E-state index in [-0.39, 0.29) is 30.2 Å². The molecule has 1 aromatic rings. The Bertz CT molecular complexity index is 657. The molecule has 1 fully saturated rings. The minimum Gasteiger partial charge on any atom is -0.357 e. The second-order valence-corrected chi connectivity index (χ2v) is 7.12. The van der Waals surface area contributed by atoms with Crippen molar-refractivity contribution >= 4 is 51.9 Å². The fourth-order valence-corrected chi connectivity index (χ4v) is 3.22. The lowest BCUT2D eigenvalue weighted by atomic mass is 10.1. The standard InChI is InChI=1S/C15H18ClN3O4S/c1-17-14(23)10(3-2-6-20)18-13(22)9-7-11(16)24-15(9)19-12(21)8-4-5-8/h6-8,10H,2-5H2,1H3,(H,17,23)(H,18,22)(H,19,21). The third-order valence-corrected chi connectivity index (χ3v) is 4.75. The SMILES string of the molecule is CNC(=O)C(CCC=O)NC(=O)c1cc(Cl)sc1NC(=O)C1CC1. The van der Waals surface area contributed by atoms with Crippen LogP contribution in [0.15, 0.2) is 6.07 Å². The molecule has 3 amide bonds. The predicted molar refractivity (Wildman–Crippen MR) is 91.3 cm³/mol. The molecule has 1 heterocycles. The number of halogens is 1. The Morgan fingerprint density at radius 1 is 1.42 bits per heavy atom. The molecule has 130 valence electrons. The molecule has 1 atom stereocenters. The first-order valence-corrected chi connectivity index (χ1v) is 8.72. The van der Waals surface area contributed by atoms with Gasteiger partial charge in [0, 0.05) is 19.4 Å². The summed E-state index contributed by atoms with van der Waals surface area (Å²) in [5, 5.41) is 8.09. The summed E-state index contributed by atoms with van der Waals surface area (Å²) >= 11 is 7.05. The third-order valence-electron chi connectivity index (χ3n) is 3.57. The average Bonchev–Trinajstić information content (AvgIpc) is 3.34. The Hall–Kier alpha value is -1.93. The molecule has 1 aliphatic carbocycles. The zero-order valence-electron chi connectivity index (χ0n) is 13.1. The highest BCUT2D eigenvalue weighted by Gasteiger charge is 2.31. The summed E-state index contributed by atoms with van der Waals surface area (Å²) in [6.07, 6.45) is 2.71. The van der Waals surface area contributed by atoms with Crippen LogP contribution in [0.1, 0.15) is 36.0 Å². The van der Waals surface area contributed by atoms with Crippen LogP contribution in [0, 0.1) is 5.92 Å². The van der Waals surface area contributed by atoms with Crippen LogP contribution < -0.4 is 16.0 Å². The average molecular weight is 372 g/mol. The predicted octanol–water partition coefficient (Wildman–Crippen LogP) is 1.57.